The lowest BCUT2D eigenvalue weighted by molar-refractivity contribution is -0.137. The Kier molecular flexibility index (Phi) is 6.79. The van der Waals surface area contributed by atoms with Crippen LogP contribution in [0.4, 0.5) is 13.2 Å². The minimum Gasteiger partial charge on any atom is -0.379 e. The number of carbonyl (C=O) groups excluding carboxylic acids is 1. The third-order valence-electron chi connectivity index (χ3n) is 4.70. The highest BCUT2D eigenvalue weighted by Gasteiger charge is 2.30. The maximum atomic E-state index is 12.6. The second kappa shape index (κ2) is 9.15. The summed E-state index contributed by atoms with van der Waals surface area (Å²) < 4.78 is 69.5. The molecule has 1 aliphatic heterocycles. The first-order valence-electron chi connectivity index (χ1n) is 9.30. The molecule has 2 aromatic carbocycles. The van der Waals surface area contributed by atoms with E-state index < -0.39 is 27.7 Å². The van der Waals surface area contributed by atoms with E-state index in [1.54, 1.807) is 12.1 Å². The first-order chi connectivity index (χ1) is 14.2. The van der Waals surface area contributed by atoms with E-state index in [0.717, 1.165) is 29.8 Å². The summed E-state index contributed by atoms with van der Waals surface area (Å²) in [5, 5.41) is 2.64. The number of ether oxygens (including phenoxy) is 1. The van der Waals surface area contributed by atoms with Crippen LogP contribution in [0.1, 0.15) is 21.5 Å². The molecule has 0 radical (unpaired) electrons. The lowest BCUT2D eigenvalue weighted by Gasteiger charge is -2.26. The first kappa shape index (κ1) is 22.3. The molecule has 1 amide bonds. The maximum absolute atomic E-state index is 12.6. The molecule has 0 atom stereocenters. The summed E-state index contributed by atoms with van der Waals surface area (Å²) in [5.74, 6) is -0.477. The Hall–Kier alpha value is -2.43. The van der Waals surface area contributed by atoms with Gasteiger partial charge in [-0.25, -0.2) is 8.42 Å². The topological polar surface area (TPSA) is 75.7 Å². The summed E-state index contributed by atoms with van der Waals surface area (Å²) in [4.78, 5) is 12.3. The SMILES string of the molecule is O=C(NCCc1ccc(S(=O)(=O)N2CCOCC2)cc1)c1ccc(C(F)(F)F)cc1. The number of halogens is 3. The fourth-order valence-electron chi connectivity index (χ4n) is 3.00. The second-order valence-corrected chi connectivity index (χ2v) is 8.68. The predicted molar refractivity (Wildman–Crippen MR) is 104 cm³/mol. The maximum Gasteiger partial charge on any atom is 0.416 e. The number of morpholine rings is 1. The zero-order chi connectivity index (χ0) is 21.8. The van der Waals surface area contributed by atoms with Gasteiger partial charge in [0.15, 0.2) is 0 Å². The summed E-state index contributed by atoms with van der Waals surface area (Å²) >= 11 is 0. The van der Waals surface area contributed by atoms with Gasteiger partial charge in [0, 0.05) is 25.2 Å². The van der Waals surface area contributed by atoms with Gasteiger partial charge in [0.25, 0.3) is 5.91 Å². The molecule has 0 unspecified atom stereocenters. The van der Waals surface area contributed by atoms with Crippen molar-refractivity contribution in [2.75, 3.05) is 32.8 Å². The molecule has 10 heteroatoms. The molecule has 0 spiro atoms. The minimum atomic E-state index is -4.45. The molecule has 1 heterocycles. The van der Waals surface area contributed by atoms with Crippen LogP contribution in [0, 0.1) is 0 Å². The summed E-state index contributed by atoms with van der Waals surface area (Å²) in [6.45, 7) is 1.64. The van der Waals surface area contributed by atoms with Gasteiger partial charge in [-0.05, 0) is 48.4 Å². The molecule has 1 aliphatic rings. The van der Waals surface area contributed by atoms with Crippen molar-refractivity contribution in [2.24, 2.45) is 0 Å². The number of hydrogen-bond donors (Lipinski definition) is 1. The van der Waals surface area contributed by atoms with Crippen molar-refractivity contribution in [2.45, 2.75) is 17.5 Å². The van der Waals surface area contributed by atoms with Gasteiger partial charge in [-0.15, -0.1) is 0 Å². The fraction of sp³-hybridized carbons (Fsp3) is 0.350. The predicted octanol–water partition coefficient (Wildman–Crippen LogP) is 2.70. The van der Waals surface area contributed by atoms with Crippen molar-refractivity contribution < 1.29 is 31.1 Å². The molecule has 1 saturated heterocycles. The van der Waals surface area contributed by atoms with Crippen LogP contribution in [-0.4, -0.2) is 51.5 Å². The fourth-order valence-corrected chi connectivity index (χ4v) is 4.41. The number of amides is 1. The van der Waals surface area contributed by atoms with Gasteiger partial charge in [-0.2, -0.15) is 17.5 Å². The monoisotopic (exact) mass is 442 g/mol. The van der Waals surface area contributed by atoms with E-state index in [-0.39, 0.29) is 17.0 Å². The van der Waals surface area contributed by atoms with Crippen molar-refractivity contribution in [3.63, 3.8) is 0 Å². The number of sulfonamides is 1. The molecule has 0 aliphatic carbocycles. The molecular formula is C20H21F3N2O4S. The number of benzene rings is 2. The molecule has 162 valence electrons. The van der Waals surface area contributed by atoms with Crippen LogP contribution in [0.5, 0.6) is 0 Å². The number of nitrogens with one attached hydrogen (secondary N) is 1. The average molecular weight is 442 g/mol. The number of rotatable bonds is 6. The number of nitrogens with zero attached hydrogens (tertiary/aromatic N) is 1. The van der Waals surface area contributed by atoms with Gasteiger partial charge in [0.05, 0.1) is 23.7 Å². The minimum absolute atomic E-state index is 0.134. The van der Waals surface area contributed by atoms with E-state index in [2.05, 4.69) is 5.32 Å². The Morgan fingerprint density at radius 2 is 1.60 bits per heavy atom. The van der Waals surface area contributed by atoms with Gasteiger partial charge in [-0.1, -0.05) is 12.1 Å². The third kappa shape index (κ3) is 5.38. The third-order valence-corrected chi connectivity index (χ3v) is 6.62. The number of alkyl halides is 3. The zero-order valence-electron chi connectivity index (χ0n) is 16.0. The van der Waals surface area contributed by atoms with Crippen molar-refractivity contribution in [1.82, 2.24) is 9.62 Å². The van der Waals surface area contributed by atoms with Crippen LogP contribution in [0.2, 0.25) is 0 Å². The summed E-state index contributed by atoms with van der Waals surface area (Å²) in [6.07, 6.45) is -4.00. The molecule has 1 fully saturated rings. The molecule has 6 nitrogen and oxygen atoms in total. The summed E-state index contributed by atoms with van der Waals surface area (Å²) in [7, 11) is -3.56. The van der Waals surface area contributed by atoms with Crippen molar-refractivity contribution >= 4 is 15.9 Å². The quantitative estimate of drug-likeness (QED) is 0.747. The number of carbonyl (C=O) groups is 1. The highest BCUT2D eigenvalue weighted by atomic mass is 32.2. The van der Waals surface area contributed by atoms with Gasteiger partial charge < -0.3 is 10.1 Å². The van der Waals surface area contributed by atoms with E-state index in [1.165, 1.54) is 16.4 Å². The van der Waals surface area contributed by atoms with E-state index >= 15 is 0 Å². The van der Waals surface area contributed by atoms with E-state index in [4.69, 9.17) is 4.74 Å². The summed E-state index contributed by atoms with van der Waals surface area (Å²) in [5.41, 5.74) is 0.143. The molecule has 0 bridgehead atoms. The molecule has 0 aromatic heterocycles. The van der Waals surface area contributed by atoms with Crippen molar-refractivity contribution in [3.05, 3.63) is 65.2 Å². The molecule has 2 aromatic rings. The Bertz CT molecular complexity index is 969. The van der Waals surface area contributed by atoms with E-state index in [1.807, 2.05) is 0 Å². The smallest absolute Gasteiger partial charge is 0.379 e. The van der Waals surface area contributed by atoms with Crippen LogP contribution in [-0.2, 0) is 27.4 Å². The zero-order valence-corrected chi connectivity index (χ0v) is 16.8. The van der Waals surface area contributed by atoms with Crippen LogP contribution >= 0.6 is 0 Å². The molecule has 30 heavy (non-hydrogen) atoms. The van der Waals surface area contributed by atoms with E-state index in [0.29, 0.717) is 32.7 Å². The Morgan fingerprint density at radius 3 is 2.17 bits per heavy atom. The Morgan fingerprint density at radius 1 is 1.00 bits per heavy atom. The Labute approximate surface area is 172 Å². The van der Waals surface area contributed by atoms with Crippen molar-refractivity contribution in [1.29, 1.82) is 0 Å². The van der Waals surface area contributed by atoms with Gasteiger partial charge in [0.2, 0.25) is 10.0 Å². The average Bonchev–Trinajstić information content (AvgIpc) is 2.74. The van der Waals surface area contributed by atoms with Gasteiger partial charge in [-0.3, -0.25) is 4.79 Å². The van der Waals surface area contributed by atoms with Crippen LogP contribution < -0.4 is 5.32 Å². The summed E-state index contributed by atoms with van der Waals surface area (Å²) in [6, 6.07) is 10.4. The Balaban J connectivity index is 1.53. The lowest BCUT2D eigenvalue weighted by atomic mass is 10.1. The molecule has 0 saturated carbocycles. The first-order valence-corrected chi connectivity index (χ1v) is 10.7. The molecule has 3 rings (SSSR count). The van der Waals surface area contributed by atoms with Gasteiger partial charge >= 0.3 is 6.18 Å². The standard InChI is InChI=1S/C20H21F3N2O4S/c21-20(22,23)17-5-3-16(4-6-17)19(26)24-10-9-15-1-7-18(8-2-15)30(27,28)25-11-13-29-14-12-25/h1-8H,9-14H2,(H,24,26). The molecule has 1 N–H and O–H groups in total. The normalized spacial score (nSPS) is 15.7. The van der Waals surface area contributed by atoms with Crippen molar-refractivity contribution in [3.8, 4) is 0 Å². The van der Waals surface area contributed by atoms with Gasteiger partial charge in [0.1, 0.15) is 0 Å². The second-order valence-electron chi connectivity index (χ2n) is 6.74. The van der Waals surface area contributed by atoms with Crippen LogP contribution in [0.25, 0.3) is 0 Å². The highest BCUT2D eigenvalue weighted by Crippen LogP contribution is 2.29. The highest BCUT2D eigenvalue weighted by molar-refractivity contribution is 7.89. The largest absolute Gasteiger partial charge is 0.416 e. The molecular weight excluding hydrogens is 421 g/mol. The lowest BCUT2D eigenvalue weighted by Crippen LogP contribution is -2.40. The van der Waals surface area contributed by atoms with Crippen LogP contribution in [0.15, 0.2) is 53.4 Å². The van der Waals surface area contributed by atoms with E-state index in [9.17, 15) is 26.4 Å². The van der Waals surface area contributed by atoms with Crippen LogP contribution in [0.3, 0.4) is 0 Å². The number of hydrogen-bond acceptors (Lipinski definition) is 4.